The van der Waals surface area contributed by atoms with E-state index in [1.807, 2.05) is 13.8 Å². The molecule has 1 N–H and O–H groups in total. The first-order valence-corrected chi connectivity index (χ1v) is 6.04. The van der Waals surface area contributed by atoms with E-state index in [0.717, 1.165) is 25.7 Å². The van der Waals surface area contributed by atoms with E-state index in [-0.39, 0.29) is 17.9 Å². The van der Waals surface area contributed by atoms with Crippen molar-refractivity contribution in [1.29, 1.82) is 0 Å². The van der Waals surface area contributed by atoms with E-state index >= 15 is 0 Å². The van der Waals surface area contributed by atoms with Crippen LogP contribution in [0.5, 0.6) is 0 Å². The molecule has 1 atom stereocenters. The van der Waals surface area contributed by atoms with Crippen molar-refractivity contribution >= 4 is 11.9 Å². The molecule has 0 aromatic rings. The molecule has 1 fully saturated rings. The van der Waals surface area contributed by atoms with Gasteiger partial charge in [-0.15, -0.1) is 0 Å². The SMILES string of the molecule is CCC(CC)C(C(=O)O)N(C(C)=O)C1CC1. The van der Waals surface area contributed by atoms with Crippen molar-refractivity contribution in [3.05, 3.63) is 0 Å². The summed E-state index contributed by atoms with van der Waals surface area (Å²) in [5.41, 5.74) is 0. The lowest BCUT2D eigenvalue weighted by atomic mass is 9.92. The maximum absolute atomic E-state index is 11.6. The Morgan fingerprint density at radius 2 is 1.81 bits per heavy atom. The maximum atomic E-state index is 11.6. The molecular weight excluding hydrogens is 206 g/mol. The molecule has 0 aromatic carbocycles. The van der Waals surface area contributed by atoms with E-state index in [0.29, 0.717) is 0 Å². The van der Waals surface area contributed by atoms with Crippen molar-refractivity contribution in [2.75, 3.05) is 0 Å². The van der Waals surface area contributed by atoms with Crippen LogP contribution in [0.4, 0.5) is 0 Å². The molecule has 1 aliphatic carbocycles. The van der Waals surface area contributed by atoms with Gasteiger partial charge in [-0.3, -0.25) is 4.79 Å². The van der Waals surface area contributed by atoms with Crippen molar-refractivity contribution < 1.29 is 14.7 Å². The summed E-state index contributed by atoms with van der Waals surface area (Å²) < 4.78 is 0. The summed E-state index contributed by atoms with van der Waals surface area (Å²) in [6, 6.07) is -0.473. The van der Waals surface area contributed by atoms with Crippen LogP contribution in [0.3, 0.4) is 0 Å². The topological polar surface area (TPSA) is 57.6 Å². The van der Waals surface area contributed by atoms with Crippen LogP contribution in [-0.2, 0) is 9.59 Å². The van der Waals surface area contributed by atoms with E-state index in [4.69, 9.17) is 0 Å². The van der Waals surface area contributed by atoms with E-state index in [1.165, 1.54) is 6.92 Å². The minimum absolute atomic E-state index is 0.0574. The van der Waals surface area contributed by atoms with Crippen molar-refractivity contribution in [2.45, 2.75) is 58.5 Å². The van der Waals surface area contributed by atoms with Gasteiger partial charge in [0.15, 0.2) is 0 Å². The van der Waals surface area contributed by atoms with Gasteiger partial charge in [-0.25, -0.2) is 4.79 Å². The maximum Gasteiger partial charge on any atom is 0.326 e. The average molecular weight is 227 g/mol. The standard InChI is InChI=1S/C12H21NO3/c1-4-9(5-2)11(12(15)16)13(8(3)14)10-6-7-10/h9-11H,4-7H2,1-3H3,(H,15,16). The number of carbonyl (C=O) groups is 2. The molecule has 1 unspecified atom stereocenters. The van der Waals surface area contributed by atoms with Crippen LogP contribution in [0.1, 0.15) is 46.5 Å². The number of nitrogens with zero attached hydrogens (tertiary/aromatic N) is 1. The summed E-state index contributed by atoms with van der Waals surface area (Å²) in [7, 11) is 0. The van der Waals surface area contributed by atoms with Crippen molar-refractivity contribution in [2.24, 2.45) is 5.92 Å². The first-order valence-electron chi connectivity index (χ1n) is 6.04. The van der Waals surface area contributed by atoms with E-state index in [1.54, 1.807) is 4.90 Å². The van der Waals surface area contributed by atoms with E-state index < -0.39 is 12.0 Å². The number of amides is 1. The van der Waals surface area contributed by atoms with E-state index in [9.17, 15) is 14.7 Å². The third kappa shape index (κ3) is 2.74. The molecule has 0 spiro atoms. The highest BCUT2D eigenvalue weighted by molar-refractivity contribution is 5.83. The van der Waals surface area contributed by atoms with Crippen LogP contribution in [-0.4, -0.2) is 34.0 Å². The van der Waals surface area contributed by atoms with Crippen LogP contribution in [0, 0.1) is 5.92 Å². The fourth-order valence-electron chi connectivity index (χ4n) is 2.32. The van der Waals surface area contributed by atoms with Crippen molar-refractivity contribution in [1.82, 2.24) is 4.90 Å². The molecule has 92 valence electrons. The normalized spacial score (nSPS) is 17.2. The van der Waals surface area contributed by atoms with Gasteiger partial charge in [-0.2, -0.15) is 0 Å². The fourth-order valence-corrected chi connectivity index (χ4v) is 2.32. The quantitative estimate of drug-likeness (QED) is 0.753. The largest absolute Gasteiger partial charge is 0.480 e. The Morgan fingerprint density at radius 1 is 1.31 bits per heavy atom. The number of carboxylic acids is 1. The Hall–Kier alpha value is -1.06. The summed E-state index contributed by atoms with van der Waals surface area (Å²) in [5, 5.41) is 9.31. The first-order chi connectivity index (χ1) is 7.52. The van der Waals surface area contributed by atoms with Crippen LogP contribution < -0.4 is 0 Å². The second kappa shape index (κ2) is 5.32. The number of carboxylic acid groups (broad SMARTS) is 1. The molecule has 0 bridgehead atoms. The van der Waals surface area contributed by atoms with Gasteiger partial charge in [0, 0.05) is 13.0 Å². The lowest BCUT2D eigenvalue weighted by Gasteiger charge is -2.33. The van der Waals surface area contributed by atoms with Gasteiger partial charge in [0.1, 0.15) is 6.04 Å². The van der Waals surface area contributed by atoms with Gasteiger partial charge in [-0.05, 0) is 18.8 Å². The number of rotatable bonds is 6. The lowest BCUT2D eigenvalue weighted by Crippen LogP contribution is -2.49. The monoisotopic (exact) mass is 227 g/mol. The summed E-state index contributed by atoms with van der Waals surface area (Å²) in [4.78, 5) is 24.5. The number of hydrogen-bond acceptors (Lipinski definition) is 2. The molecular formula is C12H21NO3. The molecule has 4 heteroatoms. The molecule has 1 aliphatic rings. The smallest absolute Gasteiger partial charge is 0.326 e. The molecule has 1 saturated carbocycles. The Morgan fingerprint density at radius 3 is 2.06 bits per heavy atom. The van der Waals surface area contributed by atoms with Crippen molar-refractivity contribution in [3.63, 3.8) is 0 Å². The molecule has 1 rings (SSSR count). The molecule has 4 nitrogen and oxygen atoms in total. The highest BCUT2D eigenvalue weighted by atomic mass is 16.4. The van der Waals surface area contributed by atoms with Crippen LogP contribution in [0.25, 0.3) is 0 Å². The number of carbonyl (C=O) groups excluding carboxylic acids is 1. The number of aliphatic carboxylic acids is 1. The minimum atomic E-state index is -0.865. The zero-order chi connectivity index (χ0) is 12.3. The fraction of sp³-hybridized carbons (Fsp3) is 0.833. The molecule has 16 heavy (non-hydrogen) atoms. The van der Waals surface area contributed by atoms with Gasteiger partial charge in [0.05, 0.1) is 0 Å². The molecule has 0 aliphatic heterocycles. The zero-order valence-corrected chi connectivity index (χ0v) is 10.3. The average Bonchev–Trinajstić information content (AvgIpc) is 3.01. The Labute approximate surface area is 96.6 Å². The van der Waals surface area contributed by atoms with E-state index in [2.05, 4.69) is 0 Å². The minimum Gasteiger partial charge on any atom is -0.480 e. The lowest BCUT2D eigenvalue weighted by molar-refractivity contribution is -0.152. The highest BCUT2D eigenvalue weighted by Crippen LogP contribution is 2.32. The Balaban J connectivity index is 2.88. The highest BCUT2D eigenvalue weighted by Gasteiger charge is 2.41. The summed E-state index contributed by atoms with van der Waals surface area (Å²) in [6.07, 6.45) is 3.49. The van der Waals surface area contributed by atoms with Gasteiger partial charge in [-0.1, -0.05) is 26.7 Å². The third-order valence-corrected chi connectivity index (χ3v) is 3.35. The number of hydrogen-bond donors (Lipinski definition) is 1. The summed E-state index contributed by atoms with van der Waals surface area (Å²) in [5.74, 6) is -0.917. The van der Waals surface area contributed by atoms with Gasteiger partial charge >= 0.3 is 5.97 Å². The Bertz CT molecular complexity index is 269. The summed E-state index contributed by atoms with van der Waals surface area (Å²) >= 11 is 0. The first kappa shape index (κ1) is 13.0. The zero-order valence-electron chi connectivity index (χ0n) is 10.3. The van der Waals surface area contributed by atoms with Gasteiger partial charge in [0.2, 0.25) is 5.91 Å². The third-order valence-electron chi connectivity index (χ3n) is 3.35. The van der Waals surface area contributed by atoms with Crippen LogP contribution in [0.15, 0.2) is 0 Å². The van der Waals surface area contributed by atoms with Crippen molar-refractivity contribution in [3.8, 4) is 0 Å². The summed E-state index contributed by atoms with van der Waals surface area (Å²) in [6.45, 7) is 5.43. The molecule has 1 amide bonds. The predicted octanol–water partition coefficient (Wildman–Crippen LogP) is 1.89. The second-order valence-corrected chi connectivity index (χ2v) is 4.52. The predicted molar refractivity (Wildman–Crippen MR) is 61.0 cm³/mol. The molecule has 0 aromatic heterocycles. The molecule has 0 radical (unpaired) electrons. The van der Waals surface area contributed by atoms with Crippen LogP contribution in [0.2, 0.25) is 0 Å². The molecule has 0 saturated heterocycles. The van der Waals surface area contributed by atoms with Gasteiger partial charge < -0.3 is 10.0 Å². The molecule has 0 heterocycles. The Kier molecular flexibility index (Phi) is 4.33. The van der Waals surface area contributed by atoms with Gasteiger partial charge in [0.25, 0.3) is 0 Å². The van der Waals surface area contributed by atoms with Crippen LogP contribution >= 0.6 is 0 Å². The second-order valence-electron chi connectivity index (χ2n) is 4.52.